The minimum atomic E-state index is -0.954. The standard InChI is InChI=1S/C16H17ClN2O4/c1-9(16(21)22)10(2)18-14(20)7-13-8-23-15(19-13)11-3-5-12(17)6-4-11/h3-6,8-10H,7H2,1-2H3,(H,18,20)(H,21,22). The van der Waals surface area contributed by atoms with Crippen LogP contribution < -0.4 is 5.32 Å². The topological polar surface area (TPSA) is 92.4 Å². The summed E-state index contributed by atoms with van der Waals surface area (Å²) in [6.07, 6.45) is 1.43. The normalized spacial score (nSPS) is 13.3. The number of rotatable bonds is 6. The molecule has 7 heteroatoms. The van der Waals surface area contributed by atoms with Crippen LogP contribution in [0, 0.1) is 5.92 Å². The van der Waals surface area contributed by atoms with E-state index < -0.39 is 17.9 Å². The Morgan fingerprint density at radius 2 is 1.96 bits per heavy atom. The predicted molar refractivity (Wildman–Crippen MR) is 85.1 cm³/mol. The van der Waals surface area contributed by atoms with Gasteiger partial charge in [0.15, 0.2) is 0 Å². The quantitative estimate of drug-likeness (QED) is 0.846. The number of carboxylic acid groups (broad SMARTS) is 1. The van der Waals surface area contributed by atoms with E-state index in [1.807, 2.05) is 0 Å². The lowest BCUT2D eigenvalue weighted by molar-refractivity contribution is -0.142. The Kier molecular flexibility index (Phi) is 5.39. The molecule has 0 aliphatic carbocycles. The van der Waals surface area contributed by atoms with Crippen molar-refractivity contribution in [3.05, 3.63) is 41.2 Å². The third kappa shape index (κ3) is 4.56. The lowest BCUT2D eigenvalue weighted by Gasteiger charge is -2.17. The summed E-state index contributed by atoms with van der Waals surface area (Å²) in [5.41, 5.74) is 1.23. The molecule has 0 bridgehead atoms. The molecule has 0 spiro atoms. The van der Waals surface area contributed by atoms with Gasteiger partial charge >= 0.3 is 5.97 Å². The second-order valence-corrected chi connectivity index (χ2v) is 5.75. The summed E-state index contributed by atoms with van der Waals surface area (Å²) in [5.74, 6) is -1.52. The molecule has 1 aromatic heterocycles. The van der Waals surface area contributed by atoms with Gasteiger partial charge in [0.1, 0.15) is 6.26 Å². The van der Waals surface area contributed by atoms with Gasteiger partial charge in [-0.2, -0.15) is 0 Å². The molecule has 0 saturated carbocycles. The molecular formula is C16H17ClN2O4. The molecule has 0 saturated heterocycles. The molecule has 2 aromatic rings. The Hall–Kier alpha value is -2.34. The number of amides is 1. The maximum Gasteiger partial charge on any atom is 0.308 e. The zero-order valence-corrected chi connectivity index (χ0v) is 13.5. The minimum Gasteiger partial charge on any atom is -0.481 e. The third-order valence-corrected chi connectivity index (χ3v) is 3.76. The average Bonchev–Trinajstić information content (AvgIpc) is 2.95. The van der Waals surface area contributed by atoms with Gasteiger partial charge in [0.2, 0.25) is 11.8 Å². The van der Waals surface area contributed by atoms with Crippen molar-refractivity contribution in [3.8, 4) is 11.5 Å². The third-order valence-electron chi connectivity index (χ3n) is 3.51. The summed E-state index contributed by atoms with van der Waals surface area (Å²) in [7, 11) is 0. The first-order valence-corrected chi connectivity index (χ1v) is 7.47. The van der Waals surface area contributed by atoms with Gasteiger partial charge in [-0.3, -0.25) is 9.59 Å². The first-order chi connectivity index (χ1) is 10.9. The number of carbonyl (C=O) groups excluding carboxylic acids is 1. The number of aliphatic carboxylic acids is 1. The van der Waals surface area contributed by atoms with Crippen molar-refractivity contribution in [2.75, 3.05) is 0 Å². The molecule has 2 unspecified atom stereocenters. The molecule has 0 aliphatic rings. The van der Waals surface area contributed by atoms with Crippen LogP contribution in [0.25, 0.3) is 11.5 Å². The van der Waals surface area contributed by atoms with Crippen LogP contribution in [0.4, 0.5) is 0 Å². The van der Waals surface area contributed by atoms with Crippen LogP contribution >= 0.6 is 11.6 Å². The fourth-order valence-electron chi connectivity index (χ4n) is 1.92. The van der Waals surface area contributed by atoms with Crippen LogP contribution in [0.15, 0.2) is 34.9 Å². The molecule has 0 fully saturated rings. The lowest BCUT2D eigenvalue weighted by Crippen LogP contribution is -2.40. The Balaban J connectivity index is 1.97. The predicted octanol–water partition coefficient (Wildman–Crippen LogP) is 2.76. The first-order valence-electron chi connectivity index (χ1n) is 7.09. The van der Waals surface area contributed by atoms with Crippen LogP contribution in [-0.2, 0) is 16.0 Å². The zero-order chi connectivity index (χ0) is 17.0. The molecule has 23 heavy (non-hydrogen) atoms. The molecule has 0 radical (unpaired) electrons. The number of benzene rings is 1. The highest BCUT2D eigenvalue weighted by atomic mass is 35.5. The summed E-state index contributed by atoms with van der Waals surface area (Å²) < 4.78 is 5.35. The second-order valence-electron chi connectivity index (χ2n) is 5.31. The Morgan fingerprint density at radius 3 is 2.57 bits per heavy atom. The molecule has 122 valence electrons. The van der Waals surface area contributed by atoms with Crippen molar-refractivity contribution in [1.82, 2.24) is 10.3 Å². The number of aromatic nitrogens is 1. The molecule has 2 rings (SSSR count). The van der Waals surface area contributed by atoms with Crippen molar-refractivity contribution in [2.24, 2.45) is 5.92 Å². The van der Waals surface area contributed by atoms with Gasteiger partial charge in [0.25, 0.3) is 0 Å². The smallest absolute Gasteiger partial charge is 0.308 e. The molecule has 1 heterocycles. The number of hydrogen-bond acceptors (Lipinski definition) is 4. The summed E-state index contributed by atoms with van der Waals surface area (Å²) >= 11 is 5.82. The van der Waals surface area contributed by atoms with Gasteiger partial charge in [-0.05, 0) is 38.1 Å². The van der Waals surface area contributed by atoms with Gasteiger partial charge in [-0.1, -0.05) is 11.6 Å². The van der Waals surface area contributed by atoms with E-state index >= 15 is 0 Å². The molecule has 2 N–H and O–H groups in total. The summed E-state index contributed by atoms with van der Waals surface area (Å²) in [6.45, 7) is 3.20. The summed E-state index contributed by atoms with van der Waals surface area (Å²) in [4.78, 5) is 27.1. The molecular weight excluding hydrogens is 320 g/mol. The number of carboxylic acids is 1. The summed E-state index contributed by atoms with van der Waals surface area (Å²) in [6, 6.07) is 6.52. The SMILES string of the molecule is CC(NC(=O)Cc1coc(-c2ccc(Cl)cc2)n1)C(C)C(=O)O. The van der Waals surface area contributed by atoms with Crippen molar-refractivity contribution < 1.29 is 19.1 Å². The molecule has 1 aromatic carbocycles. The second kappa shape index (κ2) is 7.28. The van der Waals surface area contributed by atoms with E-state index in [0.717, 1.165) is 5.56 Å². The number of nitrogens with zero attached hydrogens (tertiary/aromatic N) is 1. The van der Waals surface area contributed by atoms with Gasteiger partial charge < -0.3 is 14.8 Å². The lowest BCUT2D eigenvalue weighted by atomic mass is 10.0. The number of carbonyl (C=O) groups is 2. The van der Waals surface area contributed by atoms with Crippen LogP contribution in [0.2, 0.25) is 5.02 Å². The van der Waals surface area contributed by atoms with Crippen molar-refractivity contribution in [2.45, 2.75) is 26.3 Å². The van der Waals surface area contributed by atoms with Crippen LogP contribution in [-0.4, -0.2) is 28.0 Å². The number of nitrogens with one attached hydrogen (secondary N) is 1. The Bertz CT molecular complexity index is 696. The van der Waals surface area contributed by atoms with Gasteiger partial charge in [-0.25, -0.2) is 4.98 Å². The van der Waals surface area contributed by atoms with E-state index in [1.165, 1.54) is 6.26 Å². The molecule has 0 aliphatic heterocycles. The molecule has 1 amide bonds. The van der Waals surface area contributed by atoms with Crippen molar-refractivity contribution >= 4 is 23.5 Å². The van der Waals surface area contributed by atoms with E-state index in [9.17, 15) is 9.59 Å². The first kappa shape index (κ1) is 17.0. The van der Waals surface area contributed by atoms with E-state index in [1.54, 1.807) is 38.1 Å². The Morgan fingerprint density at radius 1 is 1.30 bits per heavy atom. The maximum absolute atomic E-state index is 11.9. The van der Waals surface area contributed by atoms with Gasteiger partial charge in [0, 0.05) is 16.6 Å². The fourth-order valence-corrected chi connectivity index (χ4v) is 2.05. The van der Waals surface area contributed by atoms with Gasteiger partial charge in [-0.15, -0.1) is 0 Å². The van der Waals surface area contributed by atoms with Crippen LogP contribution in [0.1, 0.15) is 19.5 Å². The highest BCUT2D eigenvalue weighted by Crippen LogP contribution is 2.21. The zero-order valence-electron chi connectivity index (χ0n) is 12.7. The van der Waals surface area contributed by atoms with E-state index in [0.29, 0.717) is 16.6 Å². The fraction of sp³-hybridized carbons (Fsp3) is 0.312. The average molecular weight is 337 g/mol. The number of hydrogen-bond donors (Lipinski definition) is 2. The highest BCUT2D eigenvalue weighted by molar-refractivity contribution is 6.30. The highest BCUT2D eigenvalue weighted by Gasteiger charge is 2.21. The van der Waals surface area contributed by atoms with Crippen molar-refractivity contribution in [1.29, 1.82) is 0 Å². The number of oxazole rings is 1. The maximum atomic E-state index is 11.9. The minimum absolute atomic E-state index is 0.0216. The van der Waals surface area contributed by atoms with E-state index in [4.69, 9.17) is 21.1 Å². The van der Waals surface area contributed by atoms with Crippen LogP contribution in [0.3, 0.4) is 0 Å². The van der Waals surface area contributed by atoms with E-state index in [2.05, 4.69) is 10.3 Å². The van der Waals surface area contributed by atoms with Gasteiger partial charge in [0.05, 0.1) is 18.0 Å². The van der Waals surface area contributed by atoms with Crippen LogP contribution in [0.5, 0.6) is 0 Å². The molecule has 2 atom stereocenters. The molecule has 6 nitrogen and oxygen atoms in total. The van der Waals surface area contributed by atoms with E-state index in [-0.39, 0.29) is 12.3 Å². The Labute approximate surface area is 138 Å². The monoisotopic (exact) mass is 336 g/mol. The van der Waals surface area contributed by atoms with Crippen molar-refractivity contribution in [3.63, 3.8) is 0 Å². The largest absolute Gasteiger partial charge is 0.481 e. The summed E-state index contributed by atoms with van der Waals surface area (Å²) in [5, 5.41) is 12.2. The number of halogens is 1.